The molecule has 10 heavy (non-hydrogen) atoms. The molecule has 1 saturated heterocycles. The number of rotatable bonds is 2. The minimum absolute atomic E-state index is 0.252. The van der Waals surface area contributed by atoms with E-state index in [0.29, 0.717) is 5.54 Å². The van der Waals surface area contributed by atoms with E-state index in [-0.39, 0.29) is 5.54 Å². The van der Waals surface area contributed by atoms with E-state index in [1.165, 1.54) is 0 Å². The fourth-order valence-corrected chi connectivity index (χ4v) is 1.95. The van der Waals surface area contributed by atoms with Crippen molar-refractivity contribution in [2.24, 2.45) is 0 Å². The zero-order valence-corrected chi connectivity index (χ0v) is 7.44. The summed E-state index contributed by atoms with van der Waals surface area (Å²) in [5, 5.41) is 0. The summed E-state index contributed by atoms with van der Waals surface area (Å²) in [5.41, 5.74) is 0.589. The zero-order chi connectivity index (χ0) is 7.99. The molecular weight excluding hydrogens is 122 g/mol. The van der Waals surface area contributed by atoms with Gasteiger partial charge in [0.1, 0.15) is 0 Å². The summed E-state index contributed by atoms with van der Waals surface area (Å²) in [6.07, 6.45) is 2.05. The molecule has 2 unspecified atom stereocenters. The molecular formula is C9H17N. The minimum atomic E-state index is 0.252. The van der Waals surface area contributed by atoms with Crippen LogP contribution >= 0.6 is 0 Å². The third-order valence-electron chi connectivity index (χ3n) is 3.14. The van der Waals surface area contributed by atoms with Crippen molar-refractivity contribution in [1.29, 1.82) is 0 Å². The van der Waals surface area contributed by atoms with Crippen molar-refractivity contribution in [3.8, 4) is 0 Å². The molecule has 58 valence electrons. The predicted octanol–water partition coefficient (Wildman–Crippen LogP) is 2.05. The standard InChI is InChI=1S/C9H17N/c1-6-9(5)8(3,4)10(9)7-2/h6H,1,7H2,2-5H3. The lowest BCUT2D eigenvalue weighted by Crippen LogP contribution is -2.11. The van der Waals surface area contributed by atoms with Crippen LogP contribution in [0.2, 0.25) is 0 Å². The van der Waals surface area contributed by atoms with Crippen molar-refractivity contribution in [2.45, 2.75) is 38.8 Å². The Morgan fingerprint density at radius 1 is 1.40 bits per heavy atom. The topological polar surface area (TPSA) is 3.01 Å². The van der Waals surface area contributed by atoms with Gasteiger partial charge in [-0.05, 0) is 27.3 Å². The molecule has 0 N–H and O–H groups in total. The van der Waals surface area contributed by atoms with E-state index >= 15 is 0 Å². The molecule has 1 heteroatoms. The van der Waals surface area contributed by atoms with Crippen LogP contribution in [-0.2, 0) is 0 Å². The molecule has 1 fully saturated rings. The van der Waals surface area contributed by atoms with Gasteiger partial charge in [0.25, 0.3) is 0 Å². The summed E-state index contributed by atoms with van der Waals surface area (Å²) in [5.74, 6) is 0. The van der Waals surface area contributed by atoms with Crippen LogP contribution in [0.4, 0.5) is 0 Å². The third kappa shape index (κ3) is 0.615. The zero-order valence-electron chi connectivity index (χ0n) is 7.44. The Bertz CT molecular complexity index is 160. The fourth-order valence-electron chi connectivity index (χ4n) is 1.95. The van der Waals surface area contributed by atoms with Crippen LogP contribution in [0.3, 0.4) is 0 Å². The highest BCUT2D eigenvalue weighted by molar-refractivity contribution is 5.29. The van der Waals surface area contributed by atoms with Gasteiger partial charge in [-0.15, -0.1) is 6.58 Å². The molecule has 0 aromatic carbocycles. The molecule has 0 amide bonds. The normalized spacial score (nSPS) is 43.0. The summed E-state index contributed by atoms with van der Waals surface area (Å²) in [6, 6.07) is 0. The number of nitrogens with zero attached hydrogens (tertiary/aromatic N) is 1. The van der Waals surface area contributed by atoms with Crippen molar-refractivity contribution in [1.82, 2.24) is 4.90 Å². The van der Waals surface area contributed by atoms with Crippen LogP contribution in [0.25, 0.3) is 0 Å². The lowest BCUT2D eigenvalue weighted by molar-refractivity contribution is 0.447. The predicted molar refractivity (Wildman–Crippen MR) is 45.1 cm³/mol. The highest BCUT2D eigenvalue weighted by Gasteiger charge is 2.62. The van der Waals surface area contributed by atoms with Gasteiger partial charge in [0.2, 0.25) is 0 Å². The maximum atomic E-state index is 3.85. The molecule has 1 rings (SSSR count). The molecule has 1 nitrogen and oxygen atoms in total. The lowest BCUT2D eigenvalue weighted by atomic mass is 9.99. The first-order valence-corrected chi connectivity index (χ1v) is 3.92. The van der Waals surface area contributed by atoms with E-state index < -0.39 is 0 Å². The van der Waals surface area contributed by atoms with Crippen LogP contribution < -0.4 is 0 Å². The van der Waals surface area contributed by atoms with Crippen LogP contribution in [0.5, 0.6) is 0 Å². The quantitative estimate of drug-likeness (QED) is 0.418. The van der Waals surface area contributed by atoms with Crippen LogP contribution in [0, 0.1) is 0 Å². The van der Waals surface area contributed by atoms with E-state index in [2.05, 4.69) is 45.2 Å². The van der Waals surface area contributed by atoms with E-state index in [0.717, 1.165) is 6.54 Å². The Morgan fingerprint density at radius 2 is 1.90 bits per heavy atom. The molecule has 2 atom stereocenters. The number of hydrogen-bond acceptors (Lipinski definition) is 1. The first kappa shape index (κ1) is 7.80. The first-order valence-electron chi connectivity index (χ1n) is 3.92. The second kappa shape index (κ2) is 1.85. The van der Waals surface area contributed by atoms with Gasteiger partial charge in [-0.2, -0.15) is 0 Å². The smallest absolute Gasteiger partial charge is 0.0545 e. The summed E-state index contributed by atoms with van der Waals surface area (Å²) in [6.45, 7) is 13.9. The summed E-state index contributed by atoms with van der Waals surface area (Å²) in [4.78, 5) is 2.44. The van der Waals surface area contributed by atoms with Crippen LogP contribution in [0.15, 0.2) is 12.7 Å². The van der Waals surface area contributed by atoms with Crippen molar-refractivity contribution in [3.05, 3.63) is 12.7 Å². The lowest BCUT2D eigenvalue weighted by Gasteiger charge is -2.02. The molecule has 0 radical (unpaired) electrons. The van der Waals surface area contributed by atoms with Crippen LogP contribution in [-0.4, -0.2) is 22.5 Å². The molecule has 1 aliphatic heterocycles. The van der Waals surface area contributed by atoms with Gasteiger partial charge in [-0.1, -0.05) is 13.0 Å². The molecule has 0 aromatic heterocycles. The van der Waals surface area contributed by atoms with Gasteiger partial charge in [0, 0.05) is 5.54 Å². The third-order valence-corrected chi connectivity index (χ3v) is 3.14. The van der Waals surface area contributed by atoms with Crippen molar-refractivity contribution >= 4 is 0 Å². The van der Waals surface area contributed by atoms with Gasteiger partial charge < -0.3 is 0 Å². The van der Waals surface area contributed by atoms with Gasteiger partial charge >= 0.3 is 0 Å². The van der Waals surface area contributed by atoms with E-state index in [1.807, 2.05) is 0 Å². The van der Waals surface area contributed by atoms with Gasteiger partial charge in [-0.25, -0.2) is 0 Å². The largest absolute Gasteiger partial charge is 0.286 e. The van der Waals surface area contributed by atoms with E-state index in [1.54, 1.807) is 0 Å². The second-order valence-corrected chi connectivity index (χ2v) is 3.65. The minimum Gasteiger partial charge on any atom is -0.286 e. The summed E-state index contributed by atoms with van der Waals surface area (Å²) in [7, 11) is 0. The van der Waals surface area contributed by atoms with Crippen molar-refractivity contribution in [2.75, 3.05) is 6.54 Å². The first-order chi connectivity index (χ1) is 4.50. The molecule has 0 aliphatic carbocycles. The fraction of sp³-hybridized carbons (Fsp3) is 0.778. The maximum absolute atomic E-state index is 3.85. The molecule has 1 aliphatic rings. The summed E-state index contributed by atoms with van der Waals surface area (Å²) >= 11 is 0. The van der Waals surface area contributed by atoms with E-state index in [4.69, 9.17) is 0 Å². The molecule has 1 heterocycles. The SMILES string of the molecule is C=CC1(C)N(CC)C1(C)C. The van der Waals surface area contributed by atoms with Gasteiger partial charge in [0.15, 0.2) is 0 Å². The molecule has 0 saturated carbocycles. The molecule has 0 aromatic rings. The highest BCUT2D eigenvalue weighted by Crippen LogP contribution is 2.51. The van der Waals surface area contributed by atoms with Gasteiger partial charge in [-0.3, -0.25) is 4.90 Å². The van der Waals surface area contributed by atoms with Crippen LogP contribution in [0.1, 0.15) is 27.7 Å². The number of likely N-dealkylation sites (N-methyl/N-ethyl adjacent to an activating group) is 1. The Balaban J connectivity index is 2.78. The average molecular weight is 139 g/mol. The molecule has 0 spiro atoms. The summed E-state index contributed by atoms with van der Waals surface area (Å²) < 4.78 is 0. The Kier molecular flexibility index (Phi) is 1.44. The monoisotopic (exact) mass is 139 g/mol. The Hall–Kier alpha value is -0.300. The average Bonchev–Trinajstić information content (AvgIpc) is 2.29. The van der Waals surface area contributed by atoms with Crippen molar-refractivity contribution in [3.63, 3.8) is 0 Å². The van der Waals surface area contributed by atoms with Crippen molar-refractivity contribution < 1.29 is 0 Å². The second-order valence-electron chi connectivity index (χ2n) is 3.65. The molecule has 0 bridgehead atoms. The number of hydrogen-bond donors (Lipinski definition) is 0. The Labute approximate surface area is 63.7 Å². The maximum Gasteiger partial charge on any atom is 0.0545 e. The highest BCUT2D eigenvalue weighted by atomic mass is 15.4. The Morgan fingerprint density at radius 3 is 2.00 bits per heavy atom. The van der Waals surface area contributed by atoms with Gasteiger partial charge in [0.05, 0.1) is 5.54 Å². The van der Waals surface area contributed by atoms with E-state index in [9.17, 15) is 0 Å².